The van der Waals surface area contributed by atoms with Crippen LogP contribution in [0.5, 0.6) is 0 Å². The summed E-state index contributed by atoms with van der Waals surface area (Å²) in [6, 6.07) is 3.52. The summed E-state index contributed by atoms with van der Waals surface area (Å²) in [5, 5.41) is 14.0. The Kier molecular flexibility index (Phi) is 6.30. The quantitative estimate of drug-likeness (QED) is 0.550. The molecule has 0 atom stereocenters. The molecule has 148 valence electrons. The number of hydrogen-bond donors (Lipinski definition) is 2. The number of nitrogens with zero attached hydrogens (tertiary/aromatic N) is 4. The van der Waals surface area contributed by atoms with E-state index in [-0.39, 0.29) is 30.5 Å². The topological polar surface area (TPSA) is 107 Å². The van der Waals surface area contributed by atoms with E-state index < -0.39 is 0 Å². The number of anilines is 1. The molecule has 0 fully saturated rings. The van der Waals surface area contributed by atoms with Crippen molar-refractivity contribution >= 4 is 33.4 Å². The van der Waals surface area contributed by atoms with E-state index in [1.807, 2.05) is 13.8 Å². The summed E-state index contributed by atoms with van der Waals surface area (Å²) in [6.45, 7) is 5.08. The molecule has 0 spiro atoms. The van der Waals surface area contributed by atoms with Gasteiger partial charge in [0.2, 0.25) is 5.91 Å². The lowest BCUT2D eigenvalue weighted by molar-refractivity contribution is -0.116. The summed E-state index contributed by atoms with van der Waals surface area (Å²) < 4.78 is 9.45. The van der Waals surface area contributed by atoms with Gasteiger partial charge in [0, 0.05) is 24.9 Å². The van der Waals surface area contributed by atoms with Crippen molar-refractivity contribution in [2.45, 2.75) is 39.9 Å². The lowest BCUT2D eigenvalue weighted by Crippen LogP contribution is -2.25. The number of carbonyl (C=O) groups is 2. The molecule has 0 aliphatic carbocycles. The van der Waals surface area contributed by atoms with Crippen LogP contribution in [0.2, 0.25) is 0 Å². The van der Waals surface area contributed by atoms with E-state index in [4.69, 9.17) is 4.42 Å². The van der Waals surface area contributed by atoms with E-state index >= 15 is 0 Å². The molecular formula is C18H21BrN6O3. The fourth-order valence-corrected chi connectivity index (χ4v) is 2.87. The molecule has 0 aliphatic rings. The molecule has 0 unspecified atom stereocenters. The highest BCUT2D eigenvalue weighted by atomic mass is 79.9. The van der Waals surface area contributed by atoms with Crippen LogP contribution in [-0.2, 0) is 24.4 Å². The van der Waals surface area contributed by atoms with Crippen molar-refractivity contribution in [1.82, 2.24) is 24.9 Å². The molecule has 3 rings (SSSR count). The molecule has 2 N–H and O–H groups in total. The molecule has 0 saturated carbocycles. The Balaban J connectivity index is 1.63. The van der Waals surface area contributed by atoms with Gasteiger partial charge in [0.15, 0.2) is 5.69 Å². The zero-order valence-electron chi connectivity index (χ0n) is 15.6. The molecule has 2 amide bonds. The van der Waals surface area contributed by atoms with Crippen LogP contribution in [0, 0.1) is 6.92 Å². The van der Waals surface area contributed by atoms with Gasteiger partial charge in [-0.05, 0) is 41.9 Å². The first-order valence-electron chi connectivity index (χ1n) is 8.83. The maximum absolute atomic E-state index is 12.5. The molecule has 3 aromatic heterocycles. The maximum atomic E-state index is 12.5. The Morgan fingerprint density at radius 2 is 2.18 bits per heavy atom. The van der Waals surface area contributed by atoms with Gasteiger partial charge in [-0.3, -0.25) is 19.0 Å². The Bertz CT molecular complexity index is 960. The number of carbonyl (C=O) groups excluding carboxylic acids is 2. The van der Waals surface area contributed by atoms with Gasteiger partial charge in [-0.25, -0.2) is 0 Å². The smallest absolute Gasteiger partial charge is 0.274 e. The van der Waals surface area contributed by atoms with Crippen LogP contribution in [0.3, 0.4) is 0 Å². The first-order valence-corrected chi connectivity index (χ1v) is 9.63. The van der Waals surface area contributed by atoms with Crippen LogP contribution in [-0.4, -0.2) is 31.4 Å². The van der Waals surface area contributed by atoms with Gasteiger partial charge in [-0.1, -0.05) is 0 Å². The molecule has 28 heavy (non-hydrogen) atoms. The summed E-state index contributed by atoms with van der Waals surface area (Å²) in [4.78, 5) is 24.9. The van der Waals surface area contributed by atoms with Crippen molar-refractivity contribution in [1.29, 1.82) is 0 Å². The van der Waals surface area contributed by atoms with Crippen LogP contribution in [0.25, 0.3) is 0 Å². The summed E-state index contributed by atoms with van der Waals surface area (Å²) in [5.41, 5.74) is 1.49. The lowest BCUT2D eigenvalue weighted by atomic mass is 10.3. The molecule has 0 radical (unpaired) electrons. The van der Waals surface area contributed by atoms with Crippen molar-refractivity contribution in [3.63, 3.8) is 0 Å². The molecule has 9 nitrogen and oxygen atoms in total. The lowest BCUT2D eigenvalue weighted by Gasteiger charge is -2.07. The highest BCUT2D eigenvalue weighted by molar-refractivity contribution is 9.10. The largest absolute Gasteiger partial charge is 0.467 e. The fraction of sp³-hybridized carbons (Fsp3) is 0.333. The van der Waals surface area contributed by atoms with Crippen molar-refractivity contribution < 1.29 is 14.0 Å². The number of nitrogens with one attached hydrogen (secondary N) is 2. The van der Waals surface area contributed by atoms with Crippen LogP contribution >= 0.6 is 15.9 Å². The maximum Gasteiger partial charge on any atom is 0.274 e. The van der Waals surface area contributed by atoms with Crippen LogP contribution in [0.15, 0.2) is 39.7 Å². The Labute approximate surface area is 170 Å². The van der Waals surface area contributed by atoms with Crippen LogP contribution < -0.4 is 10.6 Å². The number of hydrogen-bond acceptors (Lipinski definition) is 5. The zero-order valence-corrected chi connectivity index (χ0v) is 17.2. The van der Waals surface area contributed by atoms with Gasteiger partial charge in [0.1, 0.15) is 5.76 Å². The van der Waals surface area contributed by atoms with Gasteiger partial charge in [-0.15, -0.1) is 0 Å². The van der Waals surface area contributed by atoms with Crippen molar-refractivity contribution in [3.8, 4) is 0 Å². The first-order chi connectivity index (χ1) is 13.5. The third-order valence-corrected chi connectivity index (χ3v) is 4.95. The number of aryl methyl sites for hydroxylation is 2. The van der Waals surface area contributed by atoms with Gasteiger partial charge < -0.3 is 15.1 Å². The molecule has 10 heteroatoms. The van der Waals surface area contributed by atoms with Crippen molar-refractivity contribution in [2.75, 3.05) is 5.32 Å². The Morgan fingerprint density at radius 1 is 1.36 bits per heavy atom. The second-order valence-corrected chi connectivity index (χ2v) is 6.96. The van der Waals surface area contributed by atoms with Crippen LogP contribution in [0.4, 0.5) is 5.69 Å². The van der Waals surface area contributed by atoms with Crippen LogP contribution in [0.1, 0.15) is 35.3 Å². The summed E-state index contributed by atoms with van der Waals surface area (Å²) >= 11 is 3.40. The highest BCUT2D eigenvalue weighted by Crippen LogP contribution is 2.16. The number of rotatable bonds is 8. The van der Waals surface area contributed by atoms with E-state index in [1.54, 1.807) is 40.2 Å². The molecule has 0 aliphatic heterocycles. The van der Waals surface area contributed by atoms with Gasteiger partial charge >= 0.3 is 0 Å². The minimum atomic E-state index is -0.384. The third-order valence-electron chi connectivity index (χ3n) is 4.17. The molecule has 3 heterocycles. The number of amides is 2. The van der Waals surface area contributed by atoms with E-state index in [0.717, 1.165) is 10.2 Å². The molecule has 0 saturated heterocycles. The predicted octanol–water partition coefficient (Wildman–Crippen LogP) is 2.72. The Morgan fingerprint density at radius 3 is 2.82 bits per heavy atom. The molecule has 0 aromatic carbocycles. The second kappa shape index (κ2) is 8.87. The molecular weight excluding hydrogens is 428 g/mol. The van der Waals surface area contributed by atoms with E-state index in [9.17, 15) is 9.59 Å². The molecule has 0 bridgehead atoms. The van der Waals surface area contributed by atoms with Crippen molar-refractivity contribution in [2.24, 2.45) is 0 Å². The Hall–Kier alpha value is -2.88. The average Bonchev–Trinajstić information content (AvgIpc) is 3.41. The zero-order chi connectivity index (χ0) is 20.1. The second-order valence-electron chi connectivity index (χ2n) is 6.11. The standard InChI is InChI=1S/C18H21BrN6O3/c1-3-24-11-15(17(23-24)18(27)20-9-13-5-4-8-28-13)22-16(26)6-7-25-12(2)14(19)10-21-25/h4-5,8,10-11H,3,6-7,9H2,1-2H3,(H,20,27)(H,22,26). The third kappa shape index (κ3) is 4.69. The van der Waals surface area contributed by atoms with Gasteiger partial charge in [-0.2, -0.15) is 10.2 Å². The average molecular weight is 449 g/mol. The van der Waals surface area contributed by atoms with Gasteiger partial charge in [0.05, 0.1) is 35.7 Å². The van der Waals surface area contributed by atoms with E-state index in [1.165, 1.54) is 0 Å². The monoisotopic (exact) mass is 448 g/mol. The normalized spacial score (nSPS) is 10.8. The van der Waals surface area contributed by atoms with Gasteiger partial charge in [0.25, 0.3) is 5.91 Å². The van der Waals surface area contributed by atoms with Crippen molar-refractivity contribution in [3.05, 3.63) is 52.4 Å². The van der Waals surface area contributed by atoms with E-state index in [2.05, 4.69) is 36.8 Å². The predicted molar refractivity (Wildman–Crippen MR) is 106 cm³/mol. The number of aromatic nitrogens is 4. The number of furan rings is 1. The fourth-order valence-electron chi connectivity index (χ4n) is 2.58. The highest BCUT2D eigenvalue weighted by Gasteiger charge is 2.19. The summed E-state index contributed by atoms with van der Waals surface area (Å²) in [6.07, 6.45) is 5.11. The SMILES string of the molecule is CCn1cc(NC(=O)CCn2ncc(Br)c2C)c(C(=O)NCc2ccco2)n1. The minimum Gasteiger partial charge on any atom is -0.467 e. The minimum absolute atomic E-state index is 0.166. The summed E-state index contributed by atoms with van der Waals surface area (Å²) in [5.74, 6) is 0.0297. The molecule has 3 aromatic rings. The number of halogens is 1. The first kappa shape index (κ1) is 19.9. The van der Waals surface area contributed by atoms with E-state index in [0.29, 0.717) is 24.5 Å². The summed E-state index contributed by atoms with van der Waals surface area (Å²) in [7, 11) is 0.